The van der Waals surface area contributed by atoms with E-state index < -0.39 is 5.60 Å². The topological polar surface area (TPSA) is 67.6 Å². The van der Waals surface area contributed by atoms with Gasteiger partial charge in [0.2, 0.25) is 0 Å². The fraction of sp³-hybridized carbons (Fsp3) is 0.500. The Balaban J connectivity index is 1.61. The van der Waals surface area contributed by atoms with Crippen molar-refractivity contribution in [2.24, 2.45) is 0 Å². The van der Waals surface area contributed by atoms with Crippen molar-refractivity contribution in [2.75, 3.05) is 19.7 Å². The van der Waals surface area contributed by atoms with E-state index in [1.54, 1.807) is 15.8 Å². The fourth-order valence-corrected chi connectivity index (χ4v) is 3.53. The number of benzene rings is 1. The number of hydrogen-bond donors (Lipinski definition) is 1. The molecule has 1 amide bonds. The highest BCUT2D eigenvalue weighted by molar-refractivity contribution is 6.33. The first-order valence-corrected chi connectivity index (χ1v) is 9.81. The SMILES string of the molecule is CCCn1cc(Cl)c(C(=O)N2CCCC(O)(COc3ccccc3)CC2)n1. The van der Waals surface area contributed by atoms with Gasteiger partial charge in [0, 0.05) is 25.8 Å². The summed E-state index contributed by atoms with van der Waals surface area (Å²) in [6, 6.07) is 9.45. The van der Waals surface area contributed by atoms with E-state index in [-0.39, 0.29) is 18.2 Å². The summed E-state index contributed by atoms with van der Waals surface area (Å²) in [5.41, 5.74) is -0.660. The predicted octanol–water partition coefficient (Wildman–Crippen LogP) is 3.38. The molecule has 1 saturated heterocycles. The highest BCUT2D eigenvalue weighted by Crippen LogP contribution is 2.26. The number of ether oxygens (including phenoxy) is 1. The second-order valence-electron chi connectivity index (χ2n) is 7.06. The van der Waals surface area contributed by atoms with Gasteiger partial charge in [0.25, 0.3) is 5.91 Å². The first kappa shape index (κ1) is 19.7. The molecule has 3 rings (SSSR count). The zero-order chi connectivity index (χ0) is 19.3. The van der Waals surface area contributed by atoms with Crippen LogP contribution in [0.15, 0.2) is 36.5 Å². The Morgan fingerprint density at radius 3 is 2.81 bits per heavy atom. The molecule has 0 aliphatic carbocycles. The molecule has 6 nitrogen and oxygen atoms in total. The van der Waals surface area contributed by atoms with E-state index >= 15 is 0 Å². The van der Waals surface area contributed by atoms with Crippen molar-refractivity contribution in [2.45, 2.75) is 44.8 Å². The number of carbonyl (C=O) groups excluding carboxylic acids is 1. The van der Waals surface area contributed by atoms with E-state index in [9.17, 15) is 9.90 Å². The van der Waals surface area contributed by atoms with Crippen molar-refractivity contribution in [1.29, 1.82) is 0 Å². The lowest BCUT2D eigenvalue weighted by molar-refractivity contribution is -0.0163. The highest BCUT2D eigenvalue weighted by atomic mass is 35.5. The van der Waals surface area contributed by atoms with Gasteiger partial charge in [-0.3, -0.25) is 9.48 Å². The summed E-state index contributed by atoms with van der Waals surface area (Å²) in [7, 11) is 0. The average Bonchev–Trinajstić information content (AvgIpc) is 2.92. The molecule has 2 heterocycles. The lowest BCUT2D eigenvalue weighted by Gasteiger charge is -2.26. The number of likely N-dealkylation sites (tertiary alicyclic amines) is 1. The molecule has 27 heavy (non-hydrogen) atoms. The molecular formula is C20H26ClN3O3. The zero-order valence-corrected chi connectivity index (χ0v) is 16.4. The second kappa shape index (κ2) is 8.76. The molecule has 0 radical (unpaired) electrons. The zero-order valence-electron chi connectivity index (χ0n) is 15.6. The van der Waals surface area contributed by atoms with E-state index in [1.165, 1.54) is 0 Å². The van der Waals surface area contributed by atoms with Crippen LogP contribution in [0.1, 0.15) is 43.1 Å². The van der Waals surface area contributed by atoms with Crippen molar-refractivity contribution >= 4 is 17.5 Å². The van der Waals surface area contributed by atoms with Gasteiger partial charge in [0.15, 0.2) is 5.69 Å². The Kier molecular flexibility index (Phi) is 6.39. The maximum absolute atomic E-state index is 12.8. The molecule has 1 fully saturated rings. The Morgan fingerprint density at radius 1 is 1.30 bits per heavy atom. The number of para-hydroxylation sites is 1. The molecule has 1 aliphatic heterocycles. The summed E-state index contributed by atoms with van der Waals surface area (Å²) in [6.07, 6.45) is 4.36. The van der Waals surface area contributed by atoms with Crippen molar-refractivity contribution in [1.82, 2.24) is 14.7 Å². The van der Waals surface area contributed by atoms with E-state index in [2.05, 4.69) is 5.10 Å². The number of aliphatic hydroxyl groups is 1. The van der Waals surface area contributed by atoms with Gasteiger partial charge >= 0.3 is 0 Å². The standard InChI is InChI=1S/C20H26ClN3O3/c1-2-11-24-14-17(21)18(22-24)19(25)23-12-6-9-20(26,10-13-23)15-27-16-7-4-3-5-8-16/h3-5,7-8,14,26H,2,6,9-13,15H2,1H3. The molecule has 0 spiro atoms. The van der Waals surface area contributed by atoms with Crippen LogP contribution in [-0.4, -0.2) is 51.0 Å². The molecule has 7 heteroatoms. The number of nitrogens with zero attached hydrogens (tertiary/aromatic N) is 3. The van der Waals surface area contributed by atoms with E-state index in [1.807, 2.05) is 37.3 Å². The summed E-state index contributed by atoms with van der Waals surface area (Å²) < 4.78 is 7.45. The van der Waals surface area contributed by atoms with E-state index in [0.29, 0.717) is 37.4 Å². The third-order valence-electron chi connectivity index (χ3n) is 4.83. The number of hydrogen-bond acceptors (Lipinski definition) is 4. The number of rotatable bonds is 6. The Bertz CT molecular complexity index is 765. The number of aryl methyl sites for hydroxylation is 1. The van der Waals surface area contributed by atoms with Crippen LogP contribution in [-0.2, 0) is 6.54 Å². The van der Waals surface area contributed by atoms with Crippen LogP contribution in [0.25, 0.3) is 0 Å². The summed E-state index contributed by atoms with van der Waals surface area (Å²) in [5.74, 6) is 0.555. The molecule has 146 valence electrons. The van der Waals surface area contributed by atoms with Crippen molar-refractivity contribution in [3.63, 3.8) is 0 Å². The first-order valence-electron chi connectivity index (χ1n) is 9.43. The molecule has 1 unspecified atom stereocenters. The molecule has 1 aromatic carbocycles. The van der Waals surface area contributed by atoms with Gasteiger partial charge in [-0.1, -0.05) is 36.7 Å². The van der Waals surface area contributed by atoms with Crippen LogP contribution in [0, 0.1) is 0 Å². The van der Waals surface area contributed by atoms with Crippen LogP contribution in [0.3, 0.4) is 0 Å². The second-order valence-corrected chi connectivity index (χ2v) is 7.47. The maximum Gasteiger partial charge on any atom is 0.275 e. The number of amides is 1. The van der Waals surface area contributed by atoms with Gasteiger partial charge < -0.3 is 14.7 Å². The smallest absolute Gasteiger partial charge is 0.275 e. The Morgan fingerprint density at radius 2 is 2.07 bits per heavy atom. The number of aromatic nitrogens is 2. The largest absolute Gasteiger partial charge is 0.491 e. The molecule has 0 bridgehead atoms. The van der Waals surface area contributed by atoms with Gasteiger partial charge in [-0.05, 0) is 37.8 Å². The minimum atomic E-state index is -0.948. The number of carbonyl (C=O) groups is 1. The molecule has 1 aromatic heterocycles. The normalized spacial score (nSPS) is 20.3. The third-order valence-corrected chi connectivity index (χ3v) is 5.10. The van der Waals surface area contributed by atoms with Gasteiger partial charge in [-0.2, -0.15) is 5.10 Å². The summed E-state index contributed by atoms with van der Waals surface area (Å²) >= 11 is 6.21. The average molecular weight is 392 g/mol. The maximum atomic E-state index is 12.8. The van der Waals surface area contributed by atoms with Crippen LogP contribution >= 0.6 is 11.6 Å². The van der Waals surface area contributed by atoms with Gasteiger partial charge in [-0.15, -0.1) is 0 Å². The highest BCUT2D eigenvalue weighted by Gasteiger charge is 2.33. The monoisotopic (exact) mass is 391 g/mol. The van der Waals surface area contributed by atoms with E-state index in [4.69, 9.17) is 16.3 Å². The third kappa shape index (κ3) is 5.02. The van der Waals surface area contributed by atoms with Crippen molar-refractivity contribution < 1.29 is 14.6 Å². The van der Waals surface area contributed by atoms with Crippen molar-refractivity contribution in [3.05, 3.63) is 47.2 Å². The lowest BCUT2D eigenvalue weighted by Crippen LogP contribution is -2.38. The molecule has 1 aliphatic rings. The van der Waals surface area contributed by atoms with Gasteiger partial charge in [0.1, 0.15) is 18.0 Å². The minimum absolute atomic E-state index is 0.178. The predicted molar refractivity (Wildman–Crippen MR) is 104 cm³/mol. The van der Waals surface area contributed by atoms with Crippen LogP contribution in [0.4, 0.5) is 0 Å². The first-order chi connectivity index (χ1) is 13.0. The quantitative estimate of drug-likeness (QED) is 0.819. The molecule has 0 saturated carbocycles. The van der Waals surface area contributed by atoms with Gasteiger partial charge in [0.05, 0.1) is 5.02 Å². The minimum Gasteiger partial charge on any atom is -0.491 e. The summed E-state index contributed by atoms with van der Waals surface area (Å²) in [5, 5.41) is 15.6. The number of halogens is 1. The Hall–Kier alpha value is -2.05. The van der Waals surface area contributed by atoms with E-state index in [0.717, 1.165) is 18.7 Å². The molecular weight excluding hydrogens is 366 g/mol. The van der Waals surface area contributed by atoms with Crippen LogP contribution < -0.4 is 4.74 Å². The lowest BCUT2D eigenvalue weighted by atomic mass is 9.96. The molecule has 2 aromatic rings. The molecule has 1 atom stereocenters. The fourth-order valence-electron chi connectivity index (χ4n) is 3.30. The van der Waals surface area contributed by atoms with Gasteiger partial charge in [-0.25, -0.2) is 0 Å². The summed E-state index contributed by atoms with van der Waals surface area (Å²) in [6.45, 7) is 4.01. The van der Waals surface area contributed by atoms with Crippen LogP contribution in [0.5, 0.6) is 5.75 Å². The molecule has 1 N–H and O–H groups in total. The Labute approximate surface area is 164 Å². The summed E-state index contributed by atoms with van der Waals surface area (Å²) in [4.78, 5) is 14.6. The van der Waals surface area contributed by atoms with Crippen LogP contribution in [0.2, 0.25) is 5.02 Å². The van der Waals surface area contributed by atoms with Crippen molar-refractivity contribution in [3.8, 4) is 5.75 Å².